The van der Waals surface area contributed by atoms with Gasteiger partial charge in [-0.2, -0.15) is 0 Å². The molecule has 0 rings (SSSR count). The molecule has 9 nitrogen and oxygen atoms in total. The summed E-state index contributed by atoms with van der Waals surface area (Å²) < 4.78 is 0. The van der Waals surface area contributed by atoms with E-state index >= 15 is 0 Å². The van der Waals surface area contributed by atoms with Crippen molar-refractivity contribution in [2.45, 2.75) is 84.0 Å². The fourth-order valence-corrected chi connectivity index (χ4v) is 2.57. The zero-order chi connectivity index (χ0) is 22.0. The van der Waals surface area contributed by atoms with Crippen LogP contribution in [0.1, 0.15) is 60.8 Å². The fraction of sp³-hybridized carbons (Fsp3) is 0.842. The minimum absolute atomic E-state index is 0.0848. The Labute approximate surface area is 168 Å². The van der Waals surface area contributed by atoms with Crippen molar-refractivity contribution >= 4 is 17.8 Å². The van der Waals surface area contributed by atoms with Crippen LogP contribution in [0.15, 0.2) is 0 Å². The number of nitrogens with one attached hydrogen (secondary N) is 4. The average Bonchev–Trinajstić information content (AvgIpc) is 2.53. The van der Waals surface area contributed by atoms with Gasteiger partial charge in [-0.05, 0) is 54.4 Å². The quantitative estimate of drug-likeness (QED) is 0.251. The van der Waals surface area contributed by atoms with E-state index in [1.54, 1.807) is 0 Å². The zero-order valence-corrected chi connectivity index (χ0v) is 18.1. The van der Waals surface area contributed by atoms with Gasteiger partial charge in [0.25, 0.3) is 0 Å². The van der Waals surface area contributed by atoms with Crippen LogP contribution >= 0.6 is 0 Å². The van der Waals surface area contributed by atoms with Crippen LogP contribution in [0.4, 0.5) is 0 Å². The number of nitrogens with two attached hydrogens (primary N) is 1. The van der Waals surface area contributed by atoms with Crippen LogP contribution in [0.3, 0.4) is 0 Å². The van der Waals surface area contributed by atoms with Crippen molar-refractivity contribution in [2.24, 2.45) is 5.73 Å². The SMILES string of the molecule is CC(C)(C)N[C@@H](CN)C(=O)NCCCNC(=O)[C@H](CCC(=O)O)NC(C)(C)C. The van der Waals surface area contributed by atoms with Crippen LogP contribution in [-0.4, -0.2) is 65.7 Å². The van der Waals surface area contributed by atoms with Gasteiger partial charge in [0.05, 0.1) is 12.1 Å². The maximum absolute atomic E-state index is 12.4. The number of amides is 2. The normalized spacial score (nSPS) is 14.2. The smallest absolute Gasteiger partial charge is 0.303 e. The van der Waals surface area contributed by atoms with Crippen LogP contribution in [0.25, 0.3) is 0 Å². The molecule has 0 unspecified atom stereocenters. The molecule has 0 fully saturated rings. The highest BCUT2D eigenvalue weighted by molar-refractivity contribution is 5.83. The number of carbonyl (C=O) groups excluding carboxylic acids is 2. The van der Waals surface area contributed by atoms with E-state index in [1.165, 1.54) is 0 Å². The summed E-state index contributed by atoms with van der Waals surface area (Å²) in [5.74, 6) is -1.34. The van der Waals surface area contributed by atoms with Gasteiger partial charge in [0.2, 0.25) is 11.8 Å². The maximum atomic E-state index is 12.4. The Kier molecular flexibility index (Phi) is 11.2. The number of carboxylic acid groups (broad SMARTS) is 1. The summed E-state index contributed by atoms with van der Waals surface area (Å²) in [6, 6.07) is -1.05. The Morgan fingerprint density at radius 3 is 1.68 bits per heavy atom. The molecule has 9 heteroatoms. The highest BCUT2D eigenvalue weighted by Gasteiger charge is 2.24. The summed E-state index contributed by atoms with van der Waals surface area (Å²) in [7, 11) is 0. The molecule has 0 aromatic rings. The second kappa shape index (κ2) is 12.0. The third-order valence-corrected chi connectivity index (χ3v) is 3.68. The Balaban J connectivity index is 4.35. The Morgan fingerprint density at radius 1 is 0.857 bits per heavy atom. The van der Waals surface area contributed by atoms with Crippen molar-refractivity contribution in [3.63, 3.8) is 0 Å². The van der Waals surface area contributed by atoms with Crippen LogP contribution < -0.4 is 27.0 Å². The van der Waals surface area contributed by atoms with Gasteiger partial charge in [-0.1, -0.05) is 0 Å². The Bertz CT molecular complexity index is 511. The molecular weight excluding hydrogens is 362 g/mol. The van der Waals surface area contributed by atoms with Crippen molar-refractivity contribution in [1.82, 2.24) is 21.3 Å². The summed E-state index contributed by atoms with van der Waals surface area (Å²) in [6.07, 6.45) is 0.690. The Morgan fingerprint density at radius 2 is 1.29 bits per heavy atom. The number of aliphatic carboxylic acids is 1. The summed E-state index contributed by atoms with van der Waals surface area (Å²) in [4.78, 5) is 35.3. The van der Waals surface area contributed by atoms with Gasteiger partial charge in [-0.15, -0.1) is 0 Å². The van der Waals surface area contributed by atoms with Crippen LogP contribution in [0.5, 0.6) is 0 Å². The van der Waals surface area contributed by atoms with Gasteiger partial charge in [-0.25, -0.2) is 0 Å². The summed E-state index contributed by atoms with van der Waals surface area (Å²) in [5.41, 5.74) is 5.12. The minimum Gasteiger partial charge on any atom is -0.481 e. The Hall–Kier alpha value is -1.71. The van der Waals surface area contributed by atoms with Crippen molar-refractivity contribution in [2.75, 3.05) is 19.6 Å². The molecule has 0 saturated carbocycles. The van der Waals surface area contributed by atoms with Crippen molar-refractivity contribution < 1.29 is 19.5 Å². The molecule has 0 heterocycles. The molecule has 2 atom stereocenters. The molecule has 0 aliphatic carbocycles. The summed E-state index contributed by atoms with van der Waals surface area (Å²) in [5, 5.41) is 20.8. The first-order valence-corrected chi connectivity index (χ1v) is 9.78. The molecule has 0 aromatic carbocycles. The lowest BCUT2D eigenvalue weighted by molar-refractivity contribution is -0.137. The third kappa shape index (κ3) is 13.5. The zero-order valence-electron chi connectivity index (χ0n) is 18.1. The lowest BCUT2D eigenvalue weighted by atomic mass is 10.0. The lowest BCUT2D eigenvalue weighted by Crippen LogP contribution is -2.55. The number of carbonyl (C=O) groups is 3. The molecule has 0 radical (unpaired) electrons. The van der Waals surface area contributed by atoms with E-state index in [2.05, 4.69) is 21.3 Å². The first kappa shape index (κ1) is 26.3. The van der Waals surface area contributed by atoms with E-state index in [0.717, 1.165) is 0 Å². The van der Waals surface area contributed by atoms with Crippen molar-refractivity contribution in [1.29, 1.82) is 0 Å². The number of carboxylic acids is 1. The van der Waals surface area contributed by atoms with Gasteiger partial charge in [0, 0.05) is 37.1 Å². The molecule has 164 valence electrons. The first-order chi connectivity index (χ1) is 12.7. The van der Waals surface area contributed by atoms with Gasteiger partial charge >= 0.3 is 5.97 Å². The summed E-state index contributed by atoms with van der Waals surface area (Å²) in [6.45, 7) is 12.6. The van der Waals surface area contributed by atoms with Gasteiger partial charge in [-0.3, -0.25) is 14.4 Å². The number of hydrogen-bond donors (Lipinski definition) is 6. The largest absolute Gasteiger partial charge is 0.481 e. The van der Waals surface area contributed by atoms with Crippen LogP contribution in [0, 0.1) is 0 Å². The molecular formula is C19H39N5O4. The van der Waals surface area contributed by atoms with Gasteiger partial charge in [0.15, 0.2) is 0 Å². The molecule has 0 aliphatic heterocycles. The molecule has 0 spiro atoms. The van der Waals surface area contributed by atoms with Crippen LogP contribution in [-0.2, 0) is 14.4 Å². The van der Waals surface area contributed by atoms with E-state index in [-0.39, 0.29) is 42.3 Å². The molecule has 0 aromatic heterocycles. The maximum Gasteiger partial charge on any atom is 0.303 e. The van der Waals surface area contributed by atoms with E-state index < -0.39 is 18.1 Å². The first-order valence-electron chi connectivity index (χ1n) is 9.78. The highest BCUT2D eigenvalue weighted by Crippen LogP contribution is 2.06. The fourth-order valence-electron chi connectivity index (χ4n) is 2.57. The molecule has 0 bridgehead atoms. The molecule has 28 heavy (non-hydrogen) atoms. The number of rotatable bonds is 12. The van der Waals surface area contributed by atoms with E-state index in [0.29, 0.717) is 19.5 Å². The molecule has 0 aliphatic rings. The van der Waals surface area contributed by atoms with Crippen molar-refractivity contribution in [3.05, 3.63) is 0 Å². The minimum atomic E-state index is -0.936. The van der Waals surface area contributed by atoms with E-state index in [9.17, 15) is 14.4 Å². The van der Waals surface area contributed by atoms with Crippen LogP contribution in [0.2, 0.25) is 0 Å². The van der Waals surface area contributed by atoms with Gasteiger partial charge < -0.3 is 32.1 Å². The monoisotopic (exact) mass is 401 g/mol. The average molecular weight is 402 g/mol. The topological polar surface area (TPSA) is 146 Å². The van der Waals surface area contributed by atoms with Gasteiger partial charge in [0.1, 0.15) is 0 Å². The van der Waals surface area contributed by atoms with E-state index in [4.69, 9.17) is 10.8 Å². The third-order valence-electron chi connectivity index (χ3n) is 3.68. The number of hydrogen-bond acceptors (Lipinski definition) is 6. The molecule has 0 saturated heterocycles. The highest BCUT2D eigenvalue weighted by atomic mass is 16.4. The predicted octanol–water partition coefficient (Wildman–Crippen LogP) is -0.0542. The lowest BCUT2D eigenvalue weighted by Gasteiger charge is -2.28. The second-order valence-electron chi connectivity index (χ2n) is 9.00. The molecule has 7 N–H and O–H groups in total. The second-order valence-corrected chi connectivity index (χ2v) is 9.00. The summed E-state index contributed by atoms with van der Waals surface area (Å²) >= 11 is 0. The predicted molar refractivity (Wildman–Crippen MR) is 110 cm³/mol. The molecule has 2 amide bonds. The van der Waals surface area contributed by atoms with Crippen molar-refractivity contribution in [3.8, 4) is 0 Å². The standard InChI is InChI=1S/C19H39N5O4/c1-18(2,3)23-13(8-9-15(25)26)16(27)21-10-7-11-22-17(28)14(12-20)24-19(4,5)6/h13-14,23-24H,7-12,20H2,1-6H3,(H,21,27)(H,22,28)(H,25,26)/t13-,14-/m0/s1. The van der Waals surface area contributed by atoms with E-state index in [1.807, 2.05) is 41.5 Å².